The molecule has 0 aliphatic carbocycles. The summed E-state index contributed by atoms with van der Waals surface area (Å²) in [7, 11) is 2.41. The first kappa shape index (κ1) is 24.3. The van der Waals surface area contributed by atoms with E-state index in [1.54, 1.807) is 60.8 Å². The van der Waals surface area contributed by atoms with Gasteiger partial charge in [-0.15, -0.1) is 0 Å². The Balaban J connectivity index is 2.11. The van der Waals surface area contributed by atoms with E-state index in [-0.39, 0.29) is 22.7 Å². The van der Waals surface area contributed by atoms with Crippen molar-refractivity contribution in [2.45, 2.75) is 12.8 Å². The van der Waals surface area contributed by atoms with E-state index in [1.165, 1.54) is 19.1 Å². The molecule has 0 radical (unpaired) electrons. The van der Waals surface area contributed by atoms with Gasteiger partial charge in [-0.25, -0.2) is 9.59 Å². The van der Waals surface area contributed by atoms with Gasteiger partial charge < -0.3 is 19.9 Å². The number of hydrogen-bond acceptors (Lipinski definition) is 9. The van der Waals surface area contributed by atoms with Crippen molar-refractivity contribution in [1.82, 2.24) is 4.98 Å². The molecule has 1 aromatic heterocycles. The molecule has 1 aliphatic rings. The molecule has 1 aliphatic heterocycles. The predicted molar refractivity (Wildman–Crippen MR) is 132 cm³/mol. The minimum absolute atomic E-state index is 0.0197. The van der Waals surface area contributed by atoms with Crippen LogP contribution in [0.4, 0.5) is 5.69 Å². The molecule has 0 fully saturated rings. The molecule has 1 atom stereocenters. The molecule has 0 spiro atoms. The van der Waals surface area contributed by atoms with Crippen LogP contribution in [0.15, 0.2) is 83.5 Å². The summed E-state index contributed by atoms with van der Waals surface area (Å²) in [6, 6.07) is 17.9. The molecular weight excluding hydrogens is 460 g/mol. The lowest BCUT2D eigenvalue weighted by atomic mass is 9.81. The average molecular weight is 485 g/mol. The maximum atomic E-state index is 13.3. The Hall–Kier alpha value is -4.84. The number of nitriles is 1. The molecule has 1 unspecified atom stereocenters. The molecule has 0 bridgehead atoms. The Kier molecular flexibility index (Phi) is 6.88. The number of nitrogens with two attached hydrogens (primary N) is 1. The summed E-state index contributed by atoms with van der Waals surface area (Å²) in [4.78, 5) is 32.3. The number of rotatable bonds is 6. The van der Waals surface area contributed by atoms with E-state index < -0.39 is 17.9 Å². The number of methoxy groups -OCH3 is 2. The van der Waals surface area contributed by atoms with E-state index >= 15 is 0 Å². The van der Waals surface area contributed by atoms with E-state index in [4.69, 9.17) is 19.9 Å². The van der Waals surface area contributed by atoms with E-state index in [9.17, 15) is 14.9 Å². The Morgan fingerprint density at radius 1 is 1.06 bits per heavy atom. The second-order valence-electron chi connectivity index (χ2n) is 7.75. The molecule has 9 nitrogen and oxygen atoms in total. The summed E-state index contributed by atoms with van der Waals surface area (Å²) in [5, 5.41) is 10.8. The van der Waals surface area contributed by atoms with Crippen molar-refractivity contribution in [3.05, 3.63) is 89.0 Å². The lowest BCUT2D eigenvalue weighted by Crippen LogP contribution is -2.40. The lowest BCUT2D eigenvalue weighted by molar-refractivity contribution is -0.139. The monoisotopic (exact) mass is 484 g/mol. The summed E-state index contributed by atoms with van der Waals surface area (Å²) < 4.78 is 15.9. The number of pyridine rings is 1. The predicted octanol–water partition coefficient (Wildman–Crippen LogP) is 3.53. The smallest absolute Gasteiger partial charge is 0.355 e. The minimum atomic E-state index is -0.943. The number of nitrogens with zero attached hydrogens (tertiary/aromatic N) is 3. The van der Waals surface area contributed by atoms with Crippen LogP contribution in [0.2, 0.25) is 0 Å². The maximum absolute atomic E-state index is 13.3. The van der Waals surface area contributed by atoms with Crippen LogP contribution in [0.3, 0.4) is 0 Å². The van der Waals surface area contributed by atoms with E-state index in [0.29, 0.717) is 34.5 Å². The van der Waals surface area contributed by atoms with E-state index in [0.717, 1.165) is 0 Å². The molecule has 2 aromatic carbocycles. The molecule has 2 heterocycles. The van der Waals surface area contributed by atoms with Gasteiger partial charge in [0.1, 0.15) is 22.8 Å². The first-order valence-electron chi connectivity index (χ1n) is 11.1. The van der Waals surface area contributed by atoms with Gasteiger partial charge >= 0.3 is 11.9 Å². The molecule has 182 valence electrons. The highest BCUT2D eigenvalue weighted by Crippen LogP contribution is 2.45. The van der Waals surface area contributed by atoms with Crippen LogP contribution < -0.4 is 15.4 Å². The summed E-state index contributed by atoms with van der Waals surface area (Å²) in [5.74, 6) is -2.03. The van der Waals surface area contributed by atoms with Gasteiger partial charge in [0.25, 0.3) is 0 Å². The Labute approximate surface area is 208 Å². The van der Waals surface area contributed by atoms with Gasteiger partial charge in [-0.3, -0.25) is 9.88 Å². The zero-order valence-corrected chi connectivity index (χ0v) is 20.0. The Morgan fingerprint density at radius 3 is 2.42 bits per heavy atom. The third-order valence-electron chi connectivity index (χ3n) is 5.86. The molecule has 36 heavy (non-hydrogen) atoms. The Bertz CT molecular complexity index is 1440. The summed E-state index contributed by atoms with van der Waals surface area (Å²) >= 11 is 0. The highest BCUT2D eigenvalue weighted by Gasteiger charge is 2.43. The van der Waals surface area contributed by atoms with Gasteiger partial charge in [0.15, 0.2) is 0 Å². The molecule has 0 saturated carbocycles. The van der Waals surface area contributed by atoms with Crippen molar-refractivity contribution in [1.29, 1.82) is 5.26 Å². The summed E-state index contributed by atoms with van der Waals surface area (Å²) in [6.45, 7) is 2.28. The fourth-order valence-electron chi connectivity index (χ4n) is 4.36. The third kappa shape index (κ3) is 3.99. The molecule has 0 amide bonds. The van der Waals surface area contributed by atoms with Crippen molar-refractivity contribution in [2.75, 3.05) is 25.7 Å². The fraction of sp³-hybridized carbons (Fsp3) is 0.185. The van der Waals surface area contributed by atoms with Crippen LogP contribution in [0, 0.1) is 11.3 Å². The highest BCUT2D eigenvalue weighted by molar-refractivity contribution is 6.09. The number of anilines is 1. The summed E-state index contributed by atoms with van der Waals surface area (Å²) in [6.07, 6.45) is 1.62. The average Bonchev–Trinajstić information content (AvgIpc) is 2.92. The molecule has 3 aromatic rings. The van der Waals surface area contributed by atoms with Crippen LogP contribution in [0.5, 0.6) is 5.75 Å². The number of benzene rings is 2. The SMILES string of the molecule is CCOc1ccc(N2C(N)=C(C#N)C(c3ccccc3)C(C(=O)OC)=C2C(=O)OC)c2cccnc12. The van der Waals surface area contributed by atoms with Crippen LogP contribution in [0.1, 0.15) is 18.4 Å². The van der Waals surface area contributed by atoms with Gasteiger partial charge in [-0.2, -0.15) is 5.26 Å². The molecule has 4 rings (SSSR count). The van der Waals surface area contributed by atoms with E-state index in [2.05, 4.69) is 11.1 Å². The number of carbonyl (C=O) groups excluding carboxylic acids is 2. The van der Waals surface area contributed by atoms with E-state index in [1.807, 2.05) is 6.92 Å². The largest absolute Gasteiger partial charge is 0.492 e. The quantitative estimate of drug-likeness (QED) is 0.523. The van der Waals surface area contributed by atoms with Crippen LogP contribution in [-0.4, -0.2) is 37.7 Å². The zero-order valence-electron chi connectivity index (χ0n) is 20.0. The van der Waals surface area contributed by atoms with Crippen LogP contribution in [-0.2, 0) is 19.1 Å². The minimum Gasteiger partial charge on any atom is -0.492 e. The molecule has 9 heteroatoms. The van der Waals surface area contributed by atoms with Crippen LogP contribution in [0.25, 0.3) is 10.9 Å². The number of carbonyl (C=O) groups is 2. The number of fused-ring (bicyclic) bond motifs is 1. The van der Waals surface area contributed by atoms with Gasteiger partial charge in [-0.1, -0.05) is 30.3 Å². The molecule has 0 saturated heterocycles. The third-order valence-corrected chi connectivity index (χ3v) is 5.86. The second-order valence-corrected chi connectivity index (χ2v) is 7.75. The van der Waals surface area contributed by atoms with Crippen molar-refractivity contribution in [3.63, 3.8) is 0 Å². The standard InChI is InChI=1S/C27H24N4O5/c1-4-36-20-13-12-19(17-11-8-14-30-23(17)20)31-24(27(33)35-3)22(26(32)34-2)21(18(15-28)25(31)29)16-9-6-5-7-10-16/h5-14,21H,4,29H2,1-3H3. The van der Waals surface area contributed by atoms with Crippen molar-refractivity contribution < 1.29 is 23.8 Å². The van der Waals surface area contributed by atoms with Gasteiger partial charge in [0.05, 0.1) is 49.6 Å². The topological polar surface area (TPSA) is 128 Å². The lowest BCUT2D eigenvalue weighted by Gasteiger charge is -2.36. The van der Waals surface area contributed by atoms with Crippen molar-refractivity contribution in [3.8, 4) is 11.8 Å². The normalized spacial score (nSPS) is 15.5. The second kappa shape index (κ2) is 10.2. The number of aromatic nitrogens is 1. The molecular formula is C27H24N4O5. The number of hydrogen-bond donors (Lipinski definition) is 1. The summed E-state index contributed by atoms with van der Waals surface area (Å²) in [5.41, 5.74) is 8.01. The molecule has 2 N–H and O–H groups in total. The highest BCUT2D eigenvalue weighted by atomic mass is 16.5. The van der Waals surface area contributed by atoms with Crippen LogP contribution >= 0.6 is 0 Å². The van der Waals surface area contributed by atoms with Gasteiger partial charge in [0.2, 0.25) is 0 Å². The van der Waals surface area contributed by atoms with Crippen molar-refractivity contribution >= 4 is 28.5 Å². The zero-order chi connectivity index (χ0) is 25.8. The number of esters is 2. The number of allylic oxidation sites excluding steroid dienone is 1. The van der Waals surface area contributed by atoms with Crippen molar-refractivity contribution in [2.24, 2.45) is 5.73 Å². The fourth-order valence-corrected chi connectivity index (χ4v) is 4.36. The maximum Gasteiger partial charge on any atom is 0.355 e. The van der Waals surface area contributed by atoms with Gasteiger partial charge in [-0.05, 0) is 36.8 Å². The number of ether oxygens (including phenoxy) is 3. The first-order valence-corrected chi connectivity index (χ1v) is 11.1. The Morgan fingerprint density at radius 2 is 1.78 bits per heavy atom. The van der Waals surface area contributed by atoms with Gasteiger partial charge in [0, 0.05) is 11.6 Å². The first-order chi connectivity index (χ1) is 17.5.